The molecule has 1 saturated carbocycles. The molecule has 2 aliphatic rings. The monoisotopic (exact) mass is 290 g/mol. The number of morpholine rings is 1. The summed E-state index contributed by atoms with van der Waals surface area (Å²) in [5.41, 5.74) is 1.01. The van der Waals surface area contributed by atoms with Crippen LogP contribution in [0.15, 0.2) is 18.3 Å². The normalized spacial score (nSPS) is 18.4. The Morgan fingerprint density at radius 1 is 1.29 bits per heavy atom. The van der Waals surface area contributed by atoms with Crippen LogP contribution in [0.3, 0.4) is 0 Å². The minimum Gasteiger partial charge on any atom is -0.378 e. The zero-order valence-electron chi connectivity index (χ0n) is 12.2. The predicted molar refractivity (Wildman–Crippen MR) is 80.2 cm³/mol. The Labute approximate surface area is 124 Å². The Balaban J connectivity index is 1.43. The molecule has 2 N–H and O–H groups in total. The first-order chi connectivity index (χ1) is 10.3. The number of hydrogen-bond donors (Lipinski definition) is 2. The van der Waals surface area contributed by atoms with Crippen molar-refractivity contribution in [1.29, 1.82) is 0 Å². The van der Waals surface area contributed by atoms with Crippen LogP contribution in [-0.4, -0.2) is 43.9 Å². The van der Waals surface area contributed by atoms with Gasteiger partial charge in [0, 0.05) is 32.4 Å². The molecule has 114 valence electrons. The second-order valence-electron chi connectivity index (χ2n) is 5.63. The van der Waals surface area contributed by atoms with Gasteiger partial charge in [-0.2, -0.15) is 0 Å². The number of rotatable bonds is 5. The maximum absolute atomic E-state index is 11.6. The van der Waals surface area contributed by atoms with Crippen LogP contribution in [0.1, 0.15) is 18.4 Å². The Morgan fingerprint density at radius 3 is 2.76 bits per heavy atom. The van der Waals surface area contributed by atoms with Gasteiger partial charge in [-0.05, 0) is 30.4 Å². The number of carbonyl (C=O) groups is 1. The molecule has 0 unspecified atom stereocenters. The summed E-state index contributed by atoms with van der Waals surface area (Å²) in [5.74, 6) is 1.67. The summed E-state index contributed by atoms with van der Waals surface area (Å²) in [5, 5.41) is 5.74. The molecule has 0 spiro atoms. The summed E-state index contributed by atoms with van der Waals surface area (Å²) in [6, 6.07) is 3.92. The van der Waals surface area contributed by atoms with Gasteiger partial charge >= 0.3 is 6.03 Å². The van der Waals surface area contributed by atoms with Crippen molar-refractivity contribution in [3.63, 3.8) is 0 Å². The lowest BCUT2D eigenvalue weighted by Gasteiger charge is -2.27. The zero-order valence-corrected chi connectivity index (χ0v) is 12.2. The topological polar surface area (TPSA) is 66.5 Å². The molecule has 1 aliphatic heterocycles. The van der Waals surface area contributed by atoms with Gasteiger partial charge in [0.05, 0.1) is 13.2 Å². The number of anilines is 1. The van der Waals surface area contributed by atoms with Crippen molar-refractivity contribution in [2.75, 3.05) is 37.7 Å². The van der Waals surface area contributed by atoms with Crippen LogP contribution in [0.25, 0.3) is 0 Å². The van der Waals surface area contributed by atoms with E-state index in [1.807, 2.05) is 18.3 Å². The number of hydrogen-bond acceptors (Lipinski definition) is 4. The molecule has 0 bridgehead atoms. The van der Waals surface area contributed by atoms with Gasteiger partial charge in [0.25, 0.3) is 0 Å². The van der Waals surface area contributed by atoms with E-state index in [2.05, 4.69) is 20.5 Å². The van der Waals surface area contributed by atoms with Crippen LogP contribution < -0.4 is 15.5 Å². The number of carbonyl (C=O) groups excluding carboxylic acids is 1. The number of ether oxygens (including phenoxy) is 1. The van der Waals surface area contributed by atoms with E-state index in [0.29, 0.717) is 12.5 Å². The van der Waals surface area contributed by atoms with Gasteiger partial charge in [0.2, 0.25) is 0 Å². The maximum Gasteiger partial charge on any atom is 0.315 e. The Hall–Kier alpha value is -1.82. The van der Waals surface area contributed by atoms with Crippen LogP contribution >= 0.6 is 0 Å². The largest absolute Gasteiger partial charge is 0.378 e. The number of nitrogens with zero attached hydrogens (tertiary/aromatic N) is 2. The highest BCUT2D eigenvalue weighted by atomic mass is 16.5. The Morgan fingerprint density at radius 2 is 2.10 bits per heavy atom. The van der Waals surface area contributed by atoms with Crippen LogP contribution in [0.5, 0.6) is 0 Å². The molecule has 1 aliphatic carbocycles. The minimum atomic E-state index is -0.0980. The van der Waals surface area contributed by atoms with Crippen molar-refractivity contribution in [1.82, 2.24) is 15.6 Å². The molecule has 0 aromatic carbocycles. The standard InChI is InChI=1S/C15H22N4O2/c20-15(17-9-12-1-2-12)18-11-13-3-4-14(16-10-13)19-5-7-21-8-6-19/h3-4,10,12H,1-2,5-9,11H2,(H2,17,18,20). The van der Waals surface area contributed by atoms with Gasteiger partial charge in [-0.3, -0.25) is 0 Å². The first-order valence-electron chi connectivity index (χ1n) is 7.60. The highest BCUT2D eigenvalue weighted by Crippen LogP contribution is 2.27. The summed E-state index contributed by atoms with van der Waals surface area (Å²) >= 11 is 0. The van der Waals surface area contributed by atoms with E-state index in [1.54, 1.807) is 0 Å². The van der Waals surface area contributed by atoms with Crippen LogP contribution in [-0.2, 0) is 11.3 Å². The fourth-order valence-corrected chi connectivity index (χ4v) is 2.30. The van der Waals surface area contributed by atoms with Gasteiger partial charge in [-0.1, -0.05) is 6.07 Å². The van der Waals surface area contributed by atoms with E-state index in [1.165, 1.54) is 12.8 Å². The van der Waals surface area contributed by atoms with E-state index in [-0.39, 0.29) is 6.03 Å². The van der Waals surface area contributed by atoms with Crippen LogP contribution in [0.4, 0.5) is 10.6 Å². The third kappa shape index (κ3) is 4.32. The molecule has 6 nitrogen and oxygen atoms in total. The highest BCUT2D eigenvalue weighted by Gasteiger charge is 2.21. The molecule has 2 heterocycles. The van der Waals surface area contributed by atoms with Gasteiger partial charge < -0.3 is 20.3 Å². The van der Waals surface area contributed by atoms with Crippen molar-refractivity contribution in [3.8, 4) is 0 Å². The Kier molecular flexibility index (Phi) is 4.55. The summed E-state index contributed by atoms with van der Waals surface area (Å²) < 4.78 is 5.33. The fraction of sp³-hybridized carbons (Fsp3) is 0.600. The average Bonchev–Trinajstić information content (AvgIpc) is 3.37. The van der Waals surface area contributed by atoms with Crippen LogP contribution in [0, 0.1) is 5.92 Å². The molecule has 21 heavy (non-hydrogen) atoms. The fourth-order valence-electron chi connectivity index (χ4n) is 2.30. The van der Waals surface area contributed by atoms with Gasteiger partial charge in [0.1, 0.15) is 5.82 Å². The highest BCUT2D eigenvalue weighted by molar-refractivity contribution is 5.73. The van der Waals surface area contributed by atoms with Crippen LogP contribution in [0.2, 0.25) is 0 Å². The number of aromatic nitrogens is 1. The first kappa shape index (κ1) is 14.1. The van der Waals surface area contributed by atoms with Gasteiger partial charge in [-0.25, -0.2) is 9.78 Å². The van der Waals surface area contributed by atoms with Crippen molar-refractivity contribution >= 4 is 11.8 Å². The smallest absolute Gasteiger partial charge is 0.315 e. The zero-order chi connectivity index (χ0) is 14.5. The van der Waals surface area contributed by atoms with Crippen molar-refractivity contribution in [2.24, 2.45) is 5.92 Å². The van der Waals surface area contributed by atoms with Crippen molar-refractivity contribution in [2.45, 2.75) is 19.4 Å². The number of nitrogens with one attached hydrogen (secondary N) is 2. The third-order valence-electron chi connectivity index (χ3n) is 3.85. The minimum absolute atomic E-state index is 0.0980. The number of pyridine rings is 1. The molecule has 2 amide bonds. The lowest BCUT2D eigenvalue weighted by molar-refractivity contribution is 0.122. The Bertz CT molecular complexity index is 467. The lowest BCUT2D eigenvalue weighted by atomic mass is 10.2. The average molecular weight is 290 g/mol. The molecule has 6 heteroatoms. The lowest BCUT2D eigenvalue weighted by Crippen LogP contribution is -2.37. The van der Waals surface area contributed by atoms with E-state index in [9.17, 15) is 4.79 Å². The molecule has 3 rings (SSSR count). The van der Waals surface area contributed by atoms with Gasteiger partial charge in [0.15, 0.2) is 0 Å². The van der Waals surface area contributed by atoms with Crippen molar-refractivity contribution in [3.05, 3.63) is 23.9 Å². The maximum atomic E-state index is 11.6. The molecule has 0 atom stereocenters. The van der Waals surface area contributed by atoms with E-state index >= 15 is 0 Å². The summed E-state index contributed by atoms with van der Waals surface area (Å²) in [6.07, 6.45) is 4.31. The third-order valence-corrected chi connectivity index (χ3v) is 3.85. The summed E-state index contributed by atoms with van der Waals surface area (Å²) in [6.45, 7) is 4.58. The number of urea groups is 1. The first-order valence-corrected chi connectivity index (χ1v) is 7.60. The van der Waals surface area contributed by atoms with E-state index < -0.39 is 0 Å². The SMILES string of the molecule is O=C(NCc1ccc(N2CCOCC2)nc1)NCC1CC1. The van der Waals surface area contributed by atoms with E-state index in [4.69, 9.17) is 4.74 Å². The van der Waals surface area contributed by atoms with Crippen molar-refractivity contribution < 1.29 is 9.53 Å². The van der Waals surface area contributed by atoms with Gasteiger partial charge in [-0.15, -0.1) is 0 Å². The second-order valence-corrected chi connectivity index (χ2v) is 5.63. The second kappa shape index (κ2) is 6.76. The summed E-state index contributed by atoms with van der Waals surface area (Å²) in [4.78, 5) is 18.3. The summed E-state index contributed by atoms with van der Waals surface area (Å²) in [7, 11) is 0. The predicted octanol–water partition coefficient (Wildman–Crippen LogP) is 1.13. The number of amides is 2. The molecule has 1 saturated heterocycles. The quantitative estimate of drug-likeness (QED) is 0.853. The van der Waals surface area contributed by atoms with E-state index in [0.717, 1.165) is 44.2 Å². The molecule has 1 aromatic rings. The molecule has 2 fully saturated rings. The molecular weight excluding hydrogens is 268 g/mol. The molecule has 1 aromatic heterocycles. The molecular formula is C15H22N4O2. The molecule has 0 radical (unpaired) electrons.